The number of rotatable bonds is 3. The van der Waals surface area contributed by atoms with Gasteiger partial charge in [0, 0.05) is 46.3 Å². The molecule has 2 N–H and O–H groups in total. The maximum absolute atomic E-state index is 12.5. The van der Waals surface area contributed by atoms with E-state index in [0.717, 1.165) is 32.5 Å². The molecule has 6 heteroatoms. The lowest BCUT2D eigenvalue weighted by Crippen LogP contribution is -2.41. The van der Waals surface area contributed by atoms with Crippen molar-refractivity contribution in [3.63, 3.8) is 0 Å². The van der Waals surface area contributed by atoms with Gasteiger partial charge >= 0.3 is 0 Å². The minimum absolute atomic E-state index is 0.0140. The van der Waals surface area contributed by atoms with Gasteiger partial charge in [-0.3, -0.25) is 14.5 Å². The van der Waals surface area contributed by atoms with Crippen molar-refractivity contribution in [1.29, 1.82) is 0 Å². The van der Waals surface area contributed by atoms with Crippen LogP contribution in [-0.4, -0.2) is 79.4 Å². The Morgan fingerprint density at radius 3 is 2.57 bits per heavy atom. The summed E-state index contributed by atoms with van der Waals surface area (Å²) in [6, 6.07) is 0.0140. The van der Waals surface area contributed by atoms with Crippen LogP contribution in [-0.2, 0) is 9.59 Å². The van der Waals surface area contributed by atoms with Crippen LogP contribution in [0.25, 0.3) is 0 Å². The first-order valence-corrected chi connectivity index (χ1v) is 7.62. The van der Waals surface area contributed by atoms with Gasteiger partial charge in [-0.25, -0.2) is 0 Å². The van der Waals surface area contributed by atoms with Gasteiger partial charge < -0.3 is 15.5 Å². The smallest absolute Gasteiger partial charge is 0.236 e. The highest BCUT2D eigenvalue weighted by atomic mass is 16.2. The normalized spacial score (nSPS) is 26.7. The largest absolute Gasteiger partial charge is 0.348 e. The summed E-state index contributed by atoms with van der Waals surface area (Å²) in [7, 11) is 3.54. The molecule has 2 atom stereocenters. The number of amides is 2. The molecule has 2 aliphatic rings. The van der Waals surface area contributed by atoms with Crippen LogP contribution in [0.15, 0.2) is 12.2 Å². The van der Waals surface area contributed by atoms with E-state index in [0.29, 0.717) is 13.1 Å². The fourth-order valence-electron chi connectivity index (χ4n) is 2.83. The number of likely N-dealkylation sites (N-methyl/N-ethyl adjacent to an activating group) is 1. The van der Waals surface area contributed by atoms with Gasteiger partial charge in [0.05, 0.1) is 12.5 Å². The van der Waals surface area contributed by atoms with Crippen molar-refractivity contribution in [1.82, 2.24) is 14.7 Å². The maximum atomic E-state index is 12.5. The Bertz CT molecular complexity index is 422. The first-order valence-electron chi connectivity index (χ1n) is 7.62. The molecule has 0 radical (unpaired) electrons. The SMILES string of the molecule is CN(C)C(=O)CN1CCCN(C(=O)C2C=CC(N)C2)CC1. The number of hydrogen-bond donors (Lipinski definition) is 1. The molecule has 0 aromatic heterocycles. The summed E-state index contributed by atoms with van der Waals surface area (Å²) in [4.78, 5) is 29.9. The van der Waals surface area contributed by atoms with Crippen molar-refractivity contribution in [2.45, 2.75) is 18.9 Å². The highest BCUT2D eigenvalue weighted by Crippen LogP contribution is 2.20. The molecular weight excluding hydrogens is 268 g/mol. The van der Waals surface area contributed by atoms with Gasteiger partial charge in [-0.2, -0.15) is 0 Å². The highest BCUT2D eigenvalue weighted by Gasteiger charge is 2.28. The Labute approximate surface area is 126 Å². The highest BCUT2D eigenvalue weighted by molar-refractivity contribution is 5.81. The number of nitrogens with zero attached hydrogens (tertiary/aromatic N) is 3. The fraction of sp³-hybridized carbons (Fsp3) is 0.733. The molecule has 6 nitrogen and oxygen atoms in total. The van der Waals surface area contributed by atoms with Crippen LogP contribution in [0.3, 0.4) is 0 Å². The van der Waals surface area contributed by atoms with Gasteiger partial charge in [0.1, 0.15) is 0 Å². The van der Waals surface area contributed by atoms with E-state index in [1.54, 1.807) is 19.0 Å². The van der Waals surface area contributed by atoms with Gasteiger partial charge in [-0.05, 0) is 12.8 Å². The molecule has 2 amide bonds. The second kappa shape index (κ2) is 7.04. The van der Waals surface area contributed by atoms with Crippen LogP contribution in [0, 0.1) is 5.92 Å². The van der Waals surface area contributed by atoms with E-state index < -0.39 is 0 Å². The minimum atomic E-state index is -0.0602. The molecular formula is C15H26N4O2. The van der Waals surface area contributed by atoms with E-state index >= 15 is 0 Å². The van der Waals surface area contributed by atoms with Crippen molar-refractivity contribution >= 4 is 11.8 Å². The third-order valence-electron chi connectivity index (χ3n) is 4.19. The topological polar surface area (TPSA) is 69.9 Å². The quantitative estimate of drug-likeness (QED) is 0.713. The molecule has 0 aromatic carbocycles. The molecule has 1 aliphatic carbocycles. The predicted octanol–water partition coefficient (Wildman–Crippen LogP) is -0.488. The van der Waals surface area contributed by atoms with Gasteiger partial charge in [-0.15, -0.1) is 0 Å². The Hall–Kier alpha value is -1.40. The summed E-state index contributed by atoms with van der Waals surface area (Å²) in [6.07, 6.45) is 5.49. The molecule has 1 saturated heterocycles. The van der Waals surface area contributed by atoms with Crippen LogP contribution in [0.2, 0.25) is 0 Å². The van der Waals surface area contributed by atoms with Crippen LogP contribution < -0.4 is 5.73 Å². The number of carbonyl (C=O) groups is 2. The number of hydrogen-bond acceptors (Lipinski definition) is 4. The fourth-order valence-corrected chi connectivity index (χ4v) is 2.83. The lowest BCUT2D eigenvalue weighted by Gasteiger charge is -2.24. The monoisotopic (exact) mass is 294 g/mol. The van der Waals surface area contributed by atoms with Gasteiger partial charge in [-0.1, -0.05) is 12.2 Å². The second-order valence-corrected chi connectivity index (χ2v) is 6.13. The summed E-state index contributed by atoms with van der Waals surface area (Å²) in [5.74, 6) is 0.231. The van der Waals surface area contributed by atoms with E-state index in [1.165, 1.54) is 0 Å². The zero-order chi connectivity index (χ0) is 15.4. The Morgan fingerprint density at radius 2 is 1.95 bits per heavy atom. The lowest BCUT2D eigenvalue weighted by molar-refractivity contribution is -0.133. The van der Waals surface area contributed by atoms with Crippen LogP contribution in [0.4, 0.5) is 0 Å². The maximum Gasteiger partial charge on any atom is 0.236 e. The van der Waals surface area contributed by atoms with Crippen LogP contribution in [0.1, 0.15) is 12.8 Å². The van der Waals surface area contributed by atoms with E-state index in [4.69, 9.17) is 5.73 Å². The molecule has 0 saturated carbocycles. The molecule has 118 valence electrons. The zero-order valence-corrected chi connectivity index (χ0v) is 13.0. The first-order chi connectivity index (χ1) is 9.97. The average Bonchev–Trinajstić information content (AvgIpc) is 2.74. The molecule has 0 aromatic rings. The molecule has 2 unspecified atom stereocenters. The summed E-state index contributed by atoms with van der Waals surface area (Å²) in [5, 5.41) is 0. The third-order valence-corrected chi connectivity index (χ3v) is 4.19. The summed E-state index contributed by atoms with van der Waals surface area (Å²) in [5.41, 5.74) is 5.82. The minimum Gasteiger partial charge on any atom is -0.348 e. The van der Waals surface area contributed by atoms with Crippen molar-refractivity contribution in [2.75, 3.05) is 46.8 Å². The van der Waals surface area contributed by atoms with Crippen LogP contribution >= 0.6 is 0 Å². The first kappa shape index (κ1) is 16.0. The molecule has 1 heterocycles. The Morgan fingerprint density at radius 1 is 1.19 bits per heavy atom. The Balaban J connectivity index is 1.84. The second-order valence-electron chi connectivity index (χ2n) is 6.13. The molecule has 0 spiro atoms. The van der Waals surface area contributed by atoms with E-state index in [2.05, 4.69) is 4.90 Å². The molecule has 1 fully saturated rings. The van der Waals surface area contributed by atoms with E-state index in [1.807, 2.05) is 17.1 Å². The van der Waals surface area contributed by atoms with Gasteiger partial charge in [0.25, 0.3) is 0 Å². The van der Waals surface area contributed by atoms with Crippen molar-refractivity contribution in [3.8, 4) is 0 Å². The average molecular weight is 294 g/mol. The summed E-state index contributed by atoms with van der Waals surface area (Å²) >= 11 is 0. The van der Waals surface area contributed by atoms with Crippen molar-refractivity contribution in [3.05, 3.63) is 12.2 Å². The van der Waals surface area contributed by atoms with Gasteiger partial charge in [0.15, 0.2) is 0 Å². The molecule has 0 bridgehead atoms. The van der Waals surface area contributed by atoms with Crippen molar-refractivity contribution in [2.24, 2.45) is 11.7 Å². The zero-order valence-electron chi connectivity index (χ0n) is 13.0. The van der Waals surface area contributed by atoms with Crippen LogP contribution in [0.5, 0.6) is 0 Å². The molecule has 21 heavy (non-hydrogen) atoms. The Kier molecular flexibility index (Phi) is 5.36. The predicted molar refractivity (Wildman–Crippen MR) is 81.6 cm³/mol. The van der Waals surface area contributed by atoms with E-state index in [9.17, 15) is 9.59 Å². The lowest BCUT2D eigenvalue weighted by atomic mass is 10.1. The van der Waals surface area contributed by atoms with Crippen molar-refractivity contribution < 1.29 is 9.59 Å². The molecule has 1 aliphatic heterocycles. The number of nitrogens with two attached hydrogens (primary N) is 1. The van der Waals surface area contributed by atoms with E-state index in [-0.39, 0.29) is 23.8 Å². The number of carbonyl (C=O) groups excluding carboxylic acids is 2. The standard InChI is InChI=1S/C15H26N4O2/c1-17(2)14(20)11-18-6-3-7-19(9-8-18)15(21)12-4-5-13(16)10-12/h4-5,12-13H,3,6-11,16H2,1-2H3. The van der Waals surface area contributed by atoms with Gasteiger partial charge in [0.2, 0.25) is 11.8 Å². The summed E-state index contributed by atoms with van der Waals surface area (Å²) in [6.45, 7) is 3.52. The summed E-state index contributed by atoms with van der Waals surface area (Å²) < 4.78 is 0. The molecule has 2 rings (SSSR count). The third kappa shape index (κ3) is 4.28.